The van der Waals surface area contributed by atoms with E-state index in [4.69, 9.17) is 4.74 Å². The molecule has 0 spiro atoms. The Labute approximate surface area is 138 Å². The Hall–Kier alpha value is -2.01. The van der Waals surface area contributed by atoms with Gasteiger partial charge in [0.15, 0.2) is 0 Å². The summed E-state index contributed by atoms with van der Waals surface area (Å²) in [5.41, 5.74) is 6.33. The molecule has 0 fully saturated rings. The van der Waals surface area contributed by atoms with Crippen molar-refractivity contribution < 1.29 is 9.53 Å². The SMILES string of the molecule is COc1ccc(C2Cc3ccccc3N2NC(C)=O)c(Br)c1. The molecule has 1 heterocycles. The molecule has 1 N–H and O–H groups in total. The lowest BCUT2D eigenvalue weighted by molar-refractivity contribution is -0.119. The number of carbonyl (C=O) groups is 1. The molecule has 0 saturated heterocycles. The predicted molar refractivity (Wildman–Crippen MR) is 89.9 cm³/mol. The molecule has 3 rings (SSSR count). The molecule has 0 aromatic heterocycles. The Kier molecular flexibility index (Phi) is 4.07. The Balaban J connectivity index is 2.01. The Bertz CT molecular complexity index is 718. The number of hydrazine groups is 1. The number of halogens is 1. The second-order valence-corrected chi connectivity index (χ2v) is 6.13. The Morgan fingerprint density at radius 3 is 2.77 bits per heavy atom. The molecule has 0 aliphatic carbocycles. The molecule has 5 heteroatoms. The number of nitrogens with zero attached hydrogens (tertiary/aromatic N) is 1. The van der Waals surface area contributed by atoms with Crippen LogP contribution in [0.2, 0.25) is 0 Å². The van der Waals surface area contributed by atoms with Crippen molar-refractivity contribution in [3.63, 3.8) is 0 Å². The fourth-order valence-electron chi connectivity index (χ4n) is 2.85. The summed E-state index contributed by atoms with van der Waals surface area (Å²) in [6.07, 6.45) is 0.849. The highest BCUT2D eigenvalue weighted by molar-refractivity contribution is 9.10. The van der Waals surface area contributed by atoms with Gasteiger partial charge in [-0.1, -0.05) is 40.2 Å². The third-order valence-corrected chi connectivity index (χ3v) is 4.51. The summed E-state index contributed by atoms with van der Waals surface area (Å²) in [6, 6.07) is 14.1. The van der Waals surface area contributed by atoms with E-state index in [1.165, 1.54) is 12.5 Å². The highest BCUT2D eigenvalue weighted by Gasteiger charge is 2.32. The highest BCUT2D eigenvalue weighted by atomic mass is 79.9. The second-order valence-electron chi connectivity index (χ2n) is 5.27. The van der Waals surface area contributed by atoms with Gasteiger partial charge in [-0.05, 0) is 29.3 Å². The second kappa shape index (κ2) is 6.01. The van der Waals surface area contributed by atoms with E-state index in [1.54, 1.807) is 7.11 Å². The maximum Gasteiger partial charge on any atom is 0.235 e. The fraction of sp³-hybridized carbons (Fsp3) is 0.235. The summed E-state index contributed by atoms with van der Waals surface area (Å²) >= 11 is 3.62. The van der Waals surface area contributed by atoms with Gasteiger partial charge >= 0.3 is 0 Å². The van der Waals surface area contributed by atoms with Crippen LogP contribution in [0.15, 0.2) is 46.9 Å². The molecule has 1 atom stereocenters. The van der Waals surface area contributed by atoms with Crippen LogP contribution in [-0.2, 0) is 11.2 Å². The van der Waals surface area contributed by atoms with Crippen LogP contribution in [0, 0.1) is 0 Å². The highest BCUT2D eigenvalue weighted by Crippen LogP contribution is 2.41. The van der Waals surface area contributed by atoms with Crippen LogP contribution in [0.3, 0.4) is 0 Å². The van der Waals surface area contributed by atoms with Gasteiger partial charge in [-0.2, -0.15) is 0 Å². The number of para-hydroxylation sites is 1. The maximum atomic E-state index is 11.6. The van der Waals surface area contributed by atoms with E-state index in [2.05, 4.69) is 27.4 Å². The molecule has 22 heavy (non-hydrogen) atoms. The summed E-state index contributed by atoms with van der Waals surface area (Å²) in [5, 5.41) is 1.95. The van der Waals surface area contributed by atoms with Crippen molar-refractivity contribution >= 4 is 27.5 Å². The lowest BCUT2D eigenvalue weighted by atomic mass is 10.0. The number of hydrogen-bond acceptors (Lipinski definition) is 3. The van der Waals surface area contributed by atoms with Crippen molar-refractivity contribution in [2.24, 2.45) is 0 Å². The molecule has 0 radical (unpaired) electrons. The van der Waals surface area contributed by atoms with Crippen LogP contribution < -0.4 is 15.2 Å². The number of amides is 1. The maximum absolute atomic E-state index is 11.6. The Morgan fingerprint density at radius 1 is 1.32 bits per heavy atom. The number of hydrogen-bond donors (Lipinski definition) is 1. The zero-order valence-corrected chi connectivity index (χ0v) is 14.1. The predicted octanol–water partition coefficient (Wildman–Crippen LogP) is 3.61. The monoisotopic (exact) mass is 360 g/mol. The minimum Gasteiger partial charge on any atom is -0.497 e. The number of ether oxygens (including phenoxy) is 1. The van der Waals surface area contributed by atoms with Gasteiger partial charge in [0.05, 0.1) is 18.8 Å². The quantitative estimate of drug-likeness (QED) is 0.908. The van der Waals surface area contributed by atoms with Crippen molar-refractivity contribution in [1.82, 2.24) is 5.43 Å². The molecule has 114 valence electrons. The molecular weight excluding hydrogens is 344 g/mol. The number of methoxy groups -OCH3 is 1. The van der Waals surface area contributed by atoms with Crippen LogP contribution >= 0.6 is 15.9 Å². The number of benzene rings is 2. The van der Waals surface area contributed by atoms with Gasteiger partial charge in [-0.25, -0.2) is 0 Å². The number of anilines is 1. The molecule has 0 saturated carbocycles. The van der Waals surface area contributed by atoms with Crippen molar-refractivity contribution in [1.29, 1.82) is 0 Å². The van der Waals surface area contributed by atoms with Crippen molar-refractivity contribution in [2.45, 2.75) is 19.4 Å². The molecular formula is C17H17BrN2O2. The van der Waals surface area contributed by atoms with E-state index in [9.17, 15) is 4.79 Å². The van der Waals surface area contributed by atoms with Gasteiger partial charge < -0.3 is 4.74 Å². The van der Waals surface area contributed by atoms with Gasteiger partial charge in [-0.15, -0.1) is 0 Å². The average Bonchev–Trinajstić information content (AvgIpc) is 2.85. The van der Waals surface area contributed by atoms with Gasteiger partial charge in [0.2, 0.25) is 5.91 Å². The van der Waals surface area contributed by atoms with Crippen LogP contribution in [-0.4, -0.2) is 13.0 Å². The molecule has 1 amide bonds. The zero-order valence-electron chi connectivity index (χ0n) is 12.5. The number of nitrogens with one attached hydrogen (secondary N) is 1. The Morgan fingerprint density at radius 2 is 2.09 bits per heavy atom. The molecule has 4 nitrogen and oxygen atoms in total. The van der Waals surface area contributed by atoms with Gasteiger partial charge in [0.1, 0.15) is 5.75 Å². The van der Waals surface area contributed by atoms with E-state index in [0.717, 1.165) is 27.9 Å². The van der Waals surface area contributed by atoms with E-state index in [-0.39, 0.29) is 11.9 Å². The van der Waals surface area contributed by atoms with Crippen LogP contribution in [0.4, 0.5) is 5.69 Å². The number of rotatable bonds is 3. The first-order chi connectivity index (χ1) is 10.6. The minimum absolute atomic E-state index is 0.0570. The molecule has 2 aromatic carbocycles. The van der Waals surface area contributed by atoms with Gasteiger partial charge in [-0.3, -0.25) is 15.2 Å². The fourth-order valence-corrected chi connectivity index (χ4v) is 3.47. The molecule has 1 aliphatic rings. The first-order valence-electron chi connectivity index (χ1n) is 7.08. The largest absolute Gasteiger partial charge is 0.497 e. The normalized spacial score (nSPS) is 16.3. The summed E-state index contributed by atoms with van der Waals surface area (Å²) in [4.78, 5) is 11.6. The first-order valence-corrected chi connectivity index (χ1v) is 7.87. The summed E-state index contributed by atoms with van der Waals surface area (Å²) in [6.45, 7) is 1.53. The summed E-state index contributed by atoms with van der Waals surface area (Å²) in [5.74, 6) is 0.726. The third kappa shape index (κ3) is 2.68. The summed E-state index contributed by atoms with van der Waals surface area (Å²) < 4.78 is 6.22. The van der Waals surface area contributed by atoms with E-state index in [0.29, 0.717) is 0 Å². The van der Waals surface area contributed by atoms with Crippen LogP contribution in [0.5, 0.6) is 5.75 Å². The van der Waals surface area contributed by atoms with E-state index in [1.807, 2.05) is 41.4 Å². The number of fused-ring (bicyclic) bond motifs is 1. The summed E-state index contributed by atoms with van der Waals surface area (Å²) in [7, 11) is 1.65. The van der Waals surface area contributed by atoms with Gasteiger partial charge in [0, 0.05) is 17.8 Å². The van der Waals surface area contributed by atoms with Gasteiger partial charge in [0.25, 0.3) is 0 Å². The third-order valence-electron chi connectivity index (χ3n) is 3.82. The molecule has 1 unspecified atom stereocenters. The first kappa shape index (κ1) is 14.9. The van der Waals surface area contributed by atoms with Crippen molar-refractivity contribution in [2.75, 3.05) is 12.1 Å². The minimum atomic E-state index is -0.0775. The van der Waals surface area contributed by atoms with Crippen LogP contribution in [0.25, 0.3) is 0 Å². The average molecular weight is 361 g/mol. The van der Waals surface area contributed by atoms with E-state index < -0.39 is 0 Å². The standard InChI is InChI=1S/C17H17BrN2O2/c1-11(21)19-20-16-6-4-3-5-12(16)9-17(20)14-8-7-13(22-2)10-15(14)18/h3-8,10,17H,9H2,1-2H3,(H,19,21). The lowest BCUT2D eigenvalue weighted by Gasteiger charge is -2.28. The van der Waals surface area contributed by atoms with Crippen LogP contribution in [0.1, 0.15) is 24.1 Å². The lowest BCUT2D eigenvalue weighted by Crippen LogP contribution is -2.41. The molecule has 2 aromatic rings. The molecule has 0 bridgehead atoms. The van der Waals surface area contributed by atoms with E-state index >= 15 is 0 Å². The van der Waals surface area contributed by atoms with Crippen molar-refractivity contribution in [3.05, 3.63) is 58.1 Å². The molecule has 1 aliphatic heterocycles. The zero-order chi connectivity index (χ0) is 15.7. The topological polar surface area (TPSA) is 41.6 Å². The smallest absolute Gasteiger partial charge is 0.235 e. The number of carbonyl (C=O) groups excluding carboxylic acids is 1. The van der Waals surface area contributed by atoms with Crippen molar-refractivity contribution in [3.8, 4) is 5.75 Å².